The van der Waals surface area contributed by atoms with Gasteiger partial charge >= 0.3 is 5.69 Å². The largest absolute Gasteiger partial charge is 0.344 e. The van der Waals surface area contributed by atoms with Crippen molar-refractivity contribution in [1.82, 2.24) is 20.1 Å². The summed E-state index contributed by atoms with van der Waals surface area (Å²) in [7, 11) is 1.97. The van der Waals surface area contributed by atoms with Crippen molar-refractivity contribution in [3.63, 3.8) is 0 Å². The molecule has 1 aromatic carbocycles. The third kappa shape index (κ3) is 3.39. The Morgan fingerprint density at radius 3 is 2.71 bits per heavy atom. The van der Waals surface area contributed by atoms with Crippen molar-refractivity contribution in [2.75, 3.05) is 7.05 Å². The van der Waals surface area contributed by atoms with E-state index in [1.807, 2.05) is 33.0 Å². The van der Waals surface area contributed by atoms with Gasteiger partial charge in [-0.15, -0.1) is 5.10 Å². The van der Waals surface area contributed by atoms with E-state index in [9.17, 15) is 4.79 Å². The summed E-state index contributed by atoms with van der Waals surface area (Å²) in [6.45, 7) is 6.12. The highest BCUT2D eigenvalue weighted by Crippen LogP contribution is 2.33. The van der Waals surface area contributed by atoms with Crippen LogP contribution in [0.5, 0.6) is 0 Å². The summed E-state index contributed by atoms with van der Waals surface area (Å²) < 4.78 is 1.68. The zero-order chi connectivity index (χ0) is 15.4. The topological polar surface area (TPSA) is 62.7 Å². The monoisotopic (exact) mass is 306 g/mol. The molecule has 2 aromatic rings. The van der Waals surface area contributed by atoms with Gasteiger partial charge in [-0.1, -0.05) is 25.1 Å². The third-order valence-electron chi connectivity index (χ3n) is 3.44. The van der Waals surface area contributed by atoms with Gasteiger partial charge in [0, 0.05) is 17.0 Å². The van der Waals surface area contributed by atoms with Crippen LogP contribution in [0.2, 0.25) is 0 Å². The fourth-order valence-electron chi connectivity index (χ4n) is 2.36. The van der Waals surface area contributed by atoms with Gasteiger partial charge in [-0.2, -0.15) is 0 Å². The van der Waals surface area contributed by atoms with E-state index in [2.05, 4.69) is 34.6 Å². The highest BCUT2D eigenvalue weighted by Gasteiger charge is 2.17. The number of hydrogen-bond acceptors (Lipinski definition) is 4. The molecule has 1 unspecified atom stereocenters. The highest BCUT2D eigenvalue weighted by molar-refractivity contribution is 7.99. The van der Waals surface area contributed by atoms with Gasteiger partial charge < -0.3 is 5.32 Å². The van der Waals surface area contributed by atoms with Crippen LogP contribution in [0.1, 0.15) is 44.8 Å². The van der Waals surface area contributed by atoms with Crippen LogP contribution in [0.4, 0.5) is 0 Å². The fraction of sp³-hybridized carbons (Fsp3) is 0.467. The lowest BCUT2D eigenvalue weighted by Gasteiger charge is -2.18. The fourth-order valence-corrected chi connectivity index (χ4v) is 3.51. The van der Waals surface area contributed by atoms with Crippen LogP contribution in [0, 0.1) is 0 Å². The van der Waals surface area contributed by atoms with Gasteiger partial charge in [-0.25, -0.2) is 9.89 Å². The number of aromatic amines is 1. The quantitative estimate of drug-likeness (QED) is 0.861. The van der Waals surface area contributed by atoms with Gasteiger partial charge in [0.25, 0.3) is 0 Å². The van der Waals surface area contributed by atoms with E-state index in [1.165, 1.54) is 17.3 Å². The van der Waals surface area contributed by atoms with Crippen molar-refractivity contribution in [1.29, 1.82) is 0 Å². The van der Waals surface area contributed by atoms with Crippen LogP contribution in [-0.4, -0.2) is 21.8 Å². The molecular weight excluding hydrogens is 284 g/mol. The molecule has 21 heavy (non-hydrogen) atoms. The third-order valence-corrected chi connectivity index (χ3v) is 4.50. The van der Waals surface area contributed by atoms with E-state index < -0.39 is 0 Å². The number of benzene rings is 1. The molecule has 0 amide bonds. The molecule has 1 aromatic heterocycles. The van der Waals surface area contributed by atoms with Crippen LogP contribution < -0.4 is 11.0 Å². The van der Waals surface area contributed by atoms with E-state index in [4.69, 9.17) is 0 Å². The molecule has 0 aliphatic carbocycles. The predicted octanol–water partition coefficient (Wildman–Crippen LogP) is 2.97. The average molecular weight is 306 g/mol. The average Bonchev–Trinajstić information content (AvgIpc) is 2.83. The smallest absolute Gasteiger partial charge is 0.313 e. The molecule has 6 heteroatoms. The molecule has 1 atom stereocenters. The van der Waals surface area contributed by atoms with Crippen molar-refractivity contribution in [3.8, 4) is 0 Å². The summed E-state index contributed by atoms with van der Waals surface area (Å²) in [5.41, 5.74) is 1.07. The van der Waals surface area contributed by atoms with E-state index >= 15 is 0 Å². The van der Waals surface area contributed by atoms with Gasteiger partial charge in [0.05, 0.1) is 0 Å². The maximum atomic E-state index is 11.8. The van der Waals surface area contributed by atoms with Gasteiger partial charge in [0.2, 0.25) is 0 Å². The van der Waals surface area contributed by atoms with Crippen molar-refractivity contribution >= 4 is 11.8 Å². The SMILES string of the molecule is CCC(NC)c1ccccc1Sc1n[nH]c(=O)n1C(C)C. The van der Waals surface area contributed by atoms with Crippen LogP contribution in [0.25, 0.3) is 0 Å². The molecule has 0 aliphatic heterocycles. The first-order valence-corrected chi connectivity index (χ1v) is 8.01. The first kappa shape index (κ1) is 15.9. The normalized spacial score (nSPS) is 12.8. The lowest BCUT2D eigenvalue weighted by Crippen LogP contribution is -2.19. The molecular formula is C15H22N4OS. The molecule has 0 saturated heterocycles. The van der Waals surface area contributed by atoms with E-state index in [0.717, 1.165) is 11.3 Å². The Morgan fingerprint density at radius 1 is 1.38 bits per heavy atom. The number of hydrogen-bond donors (Lipinski definition) is 2. The summed E-state index contributed by atoms with van der Waals surface area (Å²) >= 11 is 1.53. The molecule has 2 N–H and O–H groups in total. The Bertz CT molecular complexity index is 643. The Labute approximate surface area is 129 Å². The zero-order valence-electron chi connectivity index (χ0n) is 12.9. The second-order valence-electron chi connectivity index (χ2n) is 5.16. The first-order chi connectivity index (χ1) is 10.1. The maximum Gasteiger partial charge on any atom is 0.344 e. The number of nitrogens with zero attached hydrogens (tertiary/aromatic N) is 2. The molecule has 0 radical (unpaired) electrons. The van der Waals surface area contributed by atoms with Crippen LogP contribution in [0.3, 0.4) is 0 Å². The Balaban J connectivity index is 2.39. The number of H-pyrrole nitrogens is 1. The Hall–Kier alpha value is -1.53. The van der Waals surface area contributed by atoms with E-state index in [-0.39, 0.29) is 11.7 Å². The first-order valence-electron chi connectivity index (χ1n) is 7.19. The van der Waals surface area contributed by atoms with Crippen LogP contribution >= 0.6 is 11.8 Å². The standard InChI is InChI=1S/C15H22N4OS/c1-5-12(16-4)11-8-6-7-9-13(11)21-15-18-17-14(20)19(15)10(2)3/h6-10,12,16H,5H2,1-4H3,(H,17,20). The predicted molar refractivity (Wildman–Crippen MR) is 85.9 cm³/mol. The summed E-state index contributed by atoms with van der Waals surface area (Å²) in [6, 6.07) is 8.63. The molecule has 0 spiro atoms. The highest BCUT2D eigenvalue weighted by atomic mass is 32.2. The van der Waals surface area contributed by atoms with E-state index in [0.29, 0.717) is 11.2 Å². The van der Waals surface area contributed by atoms with Gasteiger partial charge in [0.1, 0.15) is 0 Å². The van der Waals surface area contributed by atoms with Crippen molar-refractivity contribution in [3.05, 3.63) is 40.3 Å². The lowest BCUT2D eigenvalue weighted by atomic mass is 10.1. The minimum Gasteiger partial charge on any atom is -0.313 e. The summed E-state index contributed by atoms with van der Waals surface area (Å²) in [6.07, 6.45) is 1.01. The number of nitrogens with one attached hydrogen (secondary N) is 2. The minimum absolute atomic E-state index is 0.0807. The minimum atomic E-state index is -0.161. The molecule has 0 bridgehead atoms. The Kier molecular flexibility index (Phi) is 5.25. The van der Waals surface area contributed by atoms with E-state index in [1.54, 1.807) is 4.57 Å². The molecule has 1 heterocycles. The molecule has 0 aliphatic rings. The molecule has 2 rings (SSSR count). The van der Waals surface area contributed by atoms with Gasteiger partial charge in [-0.3, -0.25) is 4.57 Å². The Morgan fingerprint density at radius 2 is 2.10 bits per heavy atom. The lowest BCUT2D eigenvalue weighted by molar-refractivity contribution is 0.533. The molecule has 5 nitrogen and oxygen atoms in total. The second-order valence-corrected chi connectivity index (χ2v) is 6.17. The van der Waals surface area contributed by atoms with Gasteiger partial charge in [-0.05, 0) is 50.7 Å². The van der Waals surface area contributed by atoms with Crippen molar-refractivity contribution < 1.29 is 0 Å². The zero-order valence-corrected chi connectivity index (χ0v) is 13.7. The van der Waals surface area contributed by atoms with Gasteiger partial charge in [0.15, 0.2) is 5.16 Å². The van der Waals surface area contributed by atoms with Crippen molar-refractivity contribution in [2.24, 2.45) is 0 Å². The second kappa shape index (κ2) is 6.95. The van der Waals surface area contributed by atoms with Crippen LogP contribution in [-0.2, 0) is 0 Å². The number of aromatic nitrogens is 3. The number of rotatable bonds is 6. The summed E-state index contributed by atoms with van der Waals surface area (Å²) in [5.74, 6) is 0. The van der Waals surface area contributed by atoms with Crippen LogP contribution in [0.15, 0.2) is 39.1 Å². The molecule has 0 fully saturated rings. The molecule has 0 saturated carbocycles. The van der Waals surface area contributed by atoms with Crippen molar-refractivity contribution in [2.45, 2.75) is 49.3 Å². The summed E-state index contributed by atoms with van der Waals surface area (Å²) in [4.78, 5) is 12.9. The molecule has 114 valence electrons. The maximum absolute atomic E-state index is 11.8. The summed E-state index contributed by atoms with van der Waals surface area (Å²) in [5, 5.41) is 10.7.